The highest BCUT2D eigenvalue weighted by molar-refractivity contribution is 7.91. The lowest BCUT2D eigenvalue weighted by Gasteiger charge is -2.49. The number of nitrogens with zero attached hydrogens (tertiary/aromatic N) is 1. The molecule has 2 fully saturated rings. The molecule has 0 spiro atoms. The number of esters is 1. The third-order valence-corrected chi connectivity index (χ3v) is 14.2. The van der Waals surface area contributed by atoms with Gasteiger partial charge in [0.15, 0.2) is 9.84 Å². The van der Waals surface area contributed by atoms with Crippen LogP contribution in [0.4, 0.5) is 0 Å². The monoisotopic (exact) mass is 875 g/mol. The fraction of sp³-hybridized carbons (Fsp3) is 0.524. The average molecular weight is 877 g/mol. The SMILES string of the molecule is CC(C)[N+]1(C)C2CCC1CC(OC(=O)C(CO)c1ccccc1)C2.O=c1[nH]c2c(O)ccc(CCNCCS(=O)(=O)CCCOCCc3ccccc3)c2s1.[Br-]. The van der Waals surface area contributed by atoms with Crippen molar-refractivity contribution in [2.24, 2.45) is 0 Å². The number of aromatic amines is 1. The number of carbonyl (C=O) groups excluding carboxylic acids is 1. The number of aromatic hydroxyl groups is 1. The van der Waals surface area contributed by atoms with E-state index in [2.05, 4.69) is 31.2 Å². The second kappa shape index (κ2) is 21.6. The van der Waals surface area contributed by atoms with Crippen LogP contribution in [0.2, 0.25) is 0 Å². The van der Waals surface area contributed by atoms with Crippen LogP contribution >= 0.6 is 11.3 Å². The first-order valence-corrected chi connectivity index (χ1v) is 22.1. The number of carbonyl (C=O) groups is 1. The zero-order chi connectivity index (χ0) is 39.4. The molecule has 2 aliphatic rings. The normalized spacial score (nSPS) is 20.9. The number of H-pyrrole nitrogens is 1. The van der Waals surface area contributed by atoms with Crippen molar-refractivity contribution >= 4 is 37.4 Å². The molecule has 56 heavy (non-hydrogen) atoms. The van der Waals surface area contributed by atoms with Gasteiger partial charge in [-0.1, -0.05) is 78.1 Å². The lowest BCUT2D eigenvalue weighted by atomic mass is 9.94. The van der Waals surface area contributed by atoms with Gasteiger partial charge in [-0.25, -0.2) is 8.42 Å². The van der Waals surface area contributed by atoms with E-state index in [-0.39, 0.29) is 57.8 Å². The predicted octanol–water partition coefficient (Wildman–Crippen LogP) is 2.35. The van der Waals surface area contributed by atoms with Crippen LogP contribution in [-0.2, 0) is 36.9 Å². The maximum absolute atomic E-state index is 12.6. The summed E-state index contributed by atoms with van der Waals surface area (Å²) in [6.07, 6.45) is 6.32. The van der Waals surface area contributed by atoms with Gasteiger partial charge in [0.25, 0.3) is 0 Å². The predicted molar refractivity (Wildman–Crippen MR) is 218 cm³/mol. The molecule has 11 nitrogen and oxygen atoms in total. The van der Waals surface area contributed by atoms with E-state index in [9.17, 15) is 28.2 Å². The first-order valence-electron chi connectivity index (χ1n) is 19.5. The van der Waals surface area contributed by atoms with Gasteiger partial charge in [0.05, 0.1) is 54.6 Å². The molecule has 3 atom stereocenters. The van der Waals surface area contributed by atoms with Gasteiger partial charge in [0.2, 0.25) is 0 Å². The van der Waals surface area contributed by atoms with Crippen molar-refractivity contribution in [3.05, 3.63) is 99.2 Å². The van der Waals surface area contributed by atoms with Crippen molar-refractivity contribution in [1.82, 2.24) is 10.3 Å². The minimum Gasteiger partial charge on any atom is -1.00 e. The van der Waals surface area contributed by atoms with E-state index in [0.29, 0.717) is 62.8 Å². The topological polar surface area (TPSA) is 155 Å². The standard InChI is InChI=1S/C22H28N2O5S2.C20H30NO3.BrH/c25-19-8-7-18(21-20(19)24-22(26)30-21)9-11-23-12-16-31(27,28)15-4-13-29-14-10-17-5-2-1-3-6-17;1-14(2)21(3)16-9-10-17(21)12-18(11-16)24-20(23)19(13-22)15-7-5-4-6-8-15;/h1-3,5-8,23,25H,4,9-16H2,(H,24,26);4-8,14,16-19,22H,9-13H2,1-3H3;1H/q;+1;/p-1. The van der Waals surface area contributed by atoms with E-state index < -0.39 is 15.8 Å². The number of aliphatic hydroxyl groups is 1. The number of ether oxygens (including phenoxy) is 2. The summed E-state index contributed by atoms with van der Waals surface area (Å²) in [5.74, 6) is -0.597. The zero-order valence-corrected chi connectivity index (χ0v) is 35.9. The Kier molecular flexibility index (Phi) is 17.6. The Morgan fingerprint density at radius 3 is 2.25 bits per heavy atom. The second-order valence-electron chi connectivity index (χ2n) is 15.2. The van der Waals surface area contributed by atoms with Crippen LogP contribution in [0.25, 0.3) is 10.2 Å². The van der Waals surface area contributed by atoms with E-state index in [1.54, 1.807) is 12.1 Å². The summed E-state index contributed by atoms with van der Waals surface area (Å²) in [6.45, 7) is 6.39. The highest BCUT2D eigenvalue weighted by Crippen LogP contribution is 2.44. The minimum absolute atomic E-state index is 0. The molecule has 3 unspecified atom stereocenters. The molecule has 4 aromatic rings. The van der Waals surface area contributed by atoms with E-state index in [0.717, 1.165) is 50.9 Å². The first kappa shape index (κ1) is 45.6. The van der Waals surface area contributed by atoms with Crippen LogP contribution < -0.4 is 27.2 Å². The number of aromatic nitrogens is 1. The van der Waals surface area contributed by atoms with Crippen molar-refractivity contribution in [2.45, 2.75) is 88.9 Å². The lowest BCUT2D eigenvalue weighted by Crippen LogP contribution is -3.00. The smallest absolute Gasteiger partial charge is 0.316 e. The molecule has 2 saturated heterocycles. The number of rotatable bonds is 18. The molecule has 14 heteroatoms. The van der Waals surface area contributed by atoms with Crippen LogP contribution in [0.1, 0.15) is 68.6 Å². The number of hydrogen-bond donors (Lipinski definition) is 4. The molecule has 4 N–H and O–H groups in total. The number of sulfone groups is 1. The molecule has 0 saturated carbocycles. The first-order chi connectivity index (χ1) is 26.4. The van der Waals surface area contributed by atoms with Crippen molar-refractivity contribution in [2.75, 3.05) is 51.5 Å². The van der Waals surface area contributed by atoms with E-state index in [1.807, 2.05) is 60.7 Å². The molecular weight excluding hydrogens is 819 g/mol. The number of thiazole rings is 1. The third kappa shape index (κ3) is 12.2. The Hall–Kier alpha value is -3.11. The molecule has 2 bridgehead atoms. The highest BCUT2D eigenvalue weighted by Gasteiger charge is 2.53. The molecule has 0 aliphatic carbocycles. The summed E-state index contributed by atoms with van der Waals surface area (Å²) in [6, 6.07) is 24.6. The Balaban J connectivity index is 0.000000252. The fourth-order valence-corrected chi connectivity index (χ4v) is 10.2. The summed E-state index contributed by atoms with van der Waals surface area (Å²) in [4.78, 5) is 26.6. The number of aliphatic hydroxyl groups excluding tert-OH is 1. The van der Waals surface area contributed by atoms with Gasteiger partial charge in [-0.15, -0.1) is 0 Å². The van der Waals surface area contributed by atoms with Crippen LogP contribution in [0.15, 0.2) is 77.6 Å². The number of piperidine rings is 1. The van der Waals surface area contributed by atoms with Crippen LogP contribution in [0.5, 0.6) is 5.75 Å². The Labute approximate surface area is 345 Å². The fourth-order valence-electron chi connectivity index (χ4n) is 8.09. The van der Waals surface area contributed by atoms with Crippen LogP contribution in [-0.4, -0.2) is 110 Å². The number of benzene rings is 3. The zero-order valence-electron chi connectivity index (χ0n) is 32.7. The Morgan fingerprint density at radius 2 is 1.61 bits per heavy atom. The van der Waals surface area contributed by atoms with Crippen molar-refractivity contribution in [3.63, 3.8) is 0 Å². The number of fused-ring (bicyclic) bond motifs is 3. The number of halogens is 1. The van der Waals surface area contributed by atoms with Gasteiger partial charge in [-0.05, 0) is 62.4 Å². The van der Waals surface area contributed by atoms with E-state index in [1.165, 1.54) is 18.4 Å². The Morgan fingerprint density at radius 1 is 0.946 bits per heavy atom. The minimum atomic E-state index is -3.12. The molecule has 0 radical (unpaired) electrons. The Bertz CT molecular complexity index is 1960. The van der Waals surface area contributed by atoms with Crippen molar-refractivity contribution in [3.8, 4) is 5.75 Å². The highest BCUT2D eigenvalue weighted by atomic mass is 79.9. The molecule has 1 aromatic heterocycles. The van der Waals surface area contributed by atoms with Gasteiger partial charge >= 0.3 is 10.8 Å². The van der Waals surface area contributed by atoms with Gasteiger partial charge in [-0.2, -0.15) is 0 Å². The van der Waals surface area contributed by atoms with E-state index in [4.69, 9.17) is 9.47 Å². The molecule has 3 heterocycles. The molecular formula is C42H58BrN3O8S2. The summed E-state index contributed by atoms with van der Waals surface area (Å²) in [5, 5.41) is 22.6. The van der Waals surface area contributed by atoms with Crippen LogP contribution in [0, 0.1) is 0 Å². The van der Waals surface area contributed by atoms with Crippen molar-refractivity contribution < 1.29 is 54.4 Å². The number of phenols is 1. The summed E-state index contributed by atoms with van der Waals surface area (Å²) >= 11 is 1.07. The van der Waals surface area contributed by atoms with E-state index >= 15 is 0 Å². The lowest BCUT2D eigenvalue weighted by molar-refractivity contribution is -0.968. The average Bonchev–Trinajstić information content (AvgIpc) is 3.63. The largest absolute Gasteiger partial charge is 1.00 e. The maximum Gasteiger partial charge on any atom is 0.316 e. The van der Waals surface area contributed by atoms with Crippen LogP contribution in [0.3, 0.4) is 0 Å². The number of quaternary nitrogens is 1. The molecule has 0 amide bonds. The quantitative estimate of drug-likeness (QED) is 0.0671. The summed E-state index contributed by atoms with van der Waals surface area (Å²) < 4.78 is 37.6. The van der Waals surface area contributed by atoms with Gasteiger partial charge in [-0.3, -0.25) is 9.59 Å². The summed E-state index contributed by atoms with van der Waals surface area (Å²) in [7, 11) is -0.756. The maximum atomic E-state index is 12.6. The third-order valence-electron chi connectivity index (χ3n) is 11.5. The second-order valence-corrected chi connectivity index (χ2v) is 18.5. The molecule has 2 aliphatic heterocycles. The van der Waals surface area contributed by atoms with Gasteiger partial charge in [0, 0.05) is 38.8 Å². The summed E-state index contributed by atoms with van der Waals surface area (Å²) in [5.41, 5.74) is 3.44. The van der Waals surface area contributed by atoms with Crippen molar-refractivity contribution in [1.29, 1.82) is 0 Å². The number of nitrogens with one attached hydrogen (secondary N) is 2. The number of hydrogen-bond acceptors (Lipinski definition) is 10. The molecule has 3 aromatic carbocycles. The molecule has 6 rings (SSSR count). The number of phenolic OH excluding ortho intramolecular Hbond substituents is 1. The van der Waals surface area contributed by atoms with Gasteiger partial charge in [0.1, 0.15) is 23.3 Å². The van der Waals surface area contributed by atoms with Gasteiger partial charge < -0.3 is 51.5 Å². The molecule has 308 valence electrons.